The summed E-state index contributed by atoms with van der Waals surface area (Å²) in [5, 5.41) is 3.10. The summed E-state index contributed by atoms with van der Waals surface area (Å²) in [6, 6.07) is 18.2. The van der Waals surface area contributed by atoms with E-state index in [1.807, 2.05) is 17.0 Å². The van der Waals surface area contributed by atoms with Crippen LogP contribution < -0.4 is 14.8 Å². The molecule has 0 spiro atoms. The van der Waals surface area contributed by atoms with Gasteiger partial charge in [-0.15, -0.1) is 0 Å². The Kier molecular flexibility index (Phi) is 7.78. The molecule has 1 fully saturated rings. The van der Waals surface area contributed by atoms with E-state index in [2.05, 4.69) is 59.4 Å². The molecule has 4 rings (SSSR count). The van der Waals surface area contributed by atoms with Crippen molar-refractivity contribution in [3.8, 4) is 11.5 Å². The number of aromatic nitrogens is 1. The fourth-order valence-corrected chi connectivity index (χ4v) is 4.73. The van der Waals surface area contributed by atoms with Gasteiger partial charge in [-0.05, 0) is 43.0 Å². The van der Waals surface area contributed by atoms with Gasteiger partial charge in [-0.25, -0.2) is 4.79 Å². The average molecular weight is 462 g/mol. The number of nitrogens with one attached hydrogen (secondary N) is 1. The van der Waals surface area contributed by atoms with Crippen LogP contribution in [0.25, 0.3) is 0 Å². The van der Waals surface area contributed by atoms with E-state index in [0.717, 1.165) is 37.9 Å². The Balaban J connectivity index is 1.56. The van der Waals surface area contributed by atoms with E-state index in [9.17, 15) is 4.79 Å². The molecule has 2 amide bonds. The van der Waals surface area contributed by atoms with Gasteiger partial charge in [-0.2, -0.15) is 0 Å². The van der Waals surface area contributed by atoms with Crippen LogP contribution in [0.3, 0.4) is 0 Å². The molecule has 1 N–H and O–H groups in total. The monoisotopic (exact) mass is 461 g/mol. The molecule has 1 aromatic heterocycles. The Bertz CT molecular complexity index is 1080. The molecule has 0 radical (unpaired) electrons. The highest BCUT2D eigenvalue weighted by Gasteiger charge is 2.27. The lowest BCUT2D eigenvalue weighted by Crippen LogP contribution is -2.43. The quantitative estimate of drug-likeness (QED) is 0.433. The Morgan fingerprint density at radius 2 is 1.71 bits per heavy atom. The number of hydrogen-bond donors (Lipinski definition) is 1. The molecule has 34 heavy (non-hydrogen) atoms. The Morgan fingerprint density at radius 1 is 1.00 bits per heavy atom. The number of ether oxygens (including phenoxy) is 2. The van der Waals surface area contributed by atoms with Gasteiger partial charge in [-0.1, -0.05) is 43.5 Å². The molecule has 0 bridgehead atoms. The normalized spacial score (nSPS) is 14.0. The summed E-state index contributed by atoms with van der Waals surface area (Å²) in [5.41, 5.74) is 4.36. The van der Waals surface area contributed by atoms with Crippen LogP contribution in [0, 0.1) is 6.92 Å². The minimum Gasteiger partial charge on any atom is -0.497 e. The standard InChI is InChI=1S/C28H35N3O3/c1-21-10-7-8-11-22(21)19-30-15-9-14-25(30)20-31(24-12-5-4-6-13-24)28(32)29-23-16-26(33-2)18-27(17-23)34-3/h7-11,14-18,24H,4-6,12-13,19-20H2,1-3H3,(H,29,32). The number of carbonyl (C=O) groups excluding carboxylic acids is 1. The van der Waals surface area contributed by atoms with Gasteiger partial charge in [0.25, 0.3) is 0 Å². The molecular weight excluding hydrogens is 426 g/mol. The van der Waals surface area contributed by atoms with Gasteiger partial charge < -0.3 is 24.3 Å². The van der Waals surface area contributed by atoms with Crippen LogP contribution in [-0.2, 0) is 13.1 Å². The van der Waals surface area contributed by atoms with E-state index in [4.69, 9.17) is 9.47 Å². The number of urea groups is 1. The highest BCUT2D eigenvalue weighted by molar-refractivity contribution is 5.90. The number of nitrogens with zero attached hydrogens (tertiary/aromatic N) is 2. The summed E-state index contributed by atoms with van der Waals surface area (Å²) in [4.78, 5) is 15.6. The minimum absolute atomic E-state index is 0.0918. The summed E-state index contributed by atoms with van der Waals surface area (Å²) in [6.45, 7) is 3.50. The van der Waals surface area contributed by atoms with Crippen molar-refractivity contribution in [3.63, 3.8) is 0 Å². The number of anilines is 1. The van der Waals surface area contributed by atoms with Crippen LogP contribution in [0.2, 0.25) is 0 Å². The minimum atomic E-state index is -0.0918. The first-order chi connectivity index (χ1) is 16.6. The average Bonchev–Trinajstić information content (AvgIpc) is 3.30. The summed E-state index contributed by atoms with van der Waals surface area (Å²) in [6.07, 6.45) is 7.73. The van der Waals surface area contributed by atoms with Gasteiger partial charge in [0.05, 0.1) is 20.8 Å². The zero-order valence-electron chi connectivity index (χ0n) is 20.4. The van der Waals surface area contributed by atoms with Crippen molar-refractivity contribution in [2.24, 2.45) is 0 Å². The fourth-order valence-electron chi connectivity index (χ4n) is 4.73. The molecular formula is C28H35N3O3. The van der Waals surface area contributed by atoms with Crippen molar-refractivity contribution in [2.45, 2.75) is 58.2 Å². The molecule has 0 saturated heterocycles. The van der Waals surface area contributed by atoms with Gasteiger partial charge in [0, 0.05) is 48.4 Å². The van der Waals surface area contributed by atoms with Crippen molar-refractivity contribution in [3.05, 3.63) is 77.6 Å². The molecule has 0 unspecified atom stereocenters. The predicted octanol–water partition coefficient (Wildman–Crippen LogP) is 6.23. The van der Waals surface area contributed by atoms with Crippen LogP contribution in [0.15, 0.2) is 60.8 Å². The third-order valence-corrected chi connectivity index (χ3v) is 6.74. The lowest BCUT2D eigenvalue weighted by atomic mass is 9.94. The molecule has 0 atom stereocenters. The van der Waals surface area contributed by atoms with Gasteiger partial charge in [0.1, 0.15) is 11.5 Å². The van der Waals surface area contributed by atoms with E-state index >= 15 is 0 Å². The SMILES string of the molecule is COc1cc(NC(=O)N(Cc2cccn2Cc2ccccc2C)C2CCCCC2)cc(OC)c1. The smallest absolute Gasteiger partial charge is 0.322 e. The lowest BCUT2D eigenvalue weighted by Gasteiger charge is -2.34. The van der Waals surface area contributed by atoms with E-state index in [1.165, 1.54) is 17.5 Å². The van der Waals surface area contributed by atoms with Crippen LogP contribution >= 0.6 is 0 Å². The third kappa shape index (κ3) is 5.74. The maximum atomic E-state index is 13.6. The molecule has 1 aliphatic rings. The molecule has 3 aromatic rings. The first kappa shape index (κ1) is 23.7. The second kappa shape index (κ2) is 11.1. The number of benzene rings is 2. The highest BCUT2D eigenvalue weighted by Crippen LogP contribution is 2.28. The predicted molar refractivity (Wildman–Crippen MR) is 136 cm³/mol. The number of methoxy groups -OCH3 is 2. The van der Waals surface area contributed by atoms with E-state index in [-0.39, 0.29) is 12.1 Å². The molecule has 6 heteroatoms. The lowest BCUT2D eigenvalue weighted by molar-refractivity contribution is 0.161. The van der Waals surface area contributed by atoms with Gasteiger partial charge >= 0.3 is 6.03 Å². The molecule has 1 saturated carbocycles. The van der Waals surface area contributed by atoms with Gasteiger partial charge in [0.15, 0.2) is 0 Å². The summed E-state index contributed by atoms with van der Waals surface area (Å²) in [5.74, 6) is 1.29. The van der Waals surface area contributed by atoms with Gasteiger partial charge in [-0.3, -0.25) is 0 Å². The molecule has 0 aliphatic heterocycles. The zero-order chi connectivity index (χ0) is 23.9. The Labute approximate surface area is 202 Å². The zero-order valence-corrected chi connectivity index (χ0v) is 20.4. The molecule has 180 valence electrons. The number of carbonyl (C=O) groups is 1. The number of amides is 2. The van der Waals surface area contributed by atoms with Crippen molar-refractivity contribution >= 4 is 11.7 Å². The van der Waals surface area contributed by atoms with Crippen molar-refractivity contribution in [2.75, 3.05) is 19.5 Å². The van der Waals surface area contributed by atoms with E-state index in [1.54, 1.807) is 20.3 Å². The largest absolute Gasteiger partial charge is 0.497 e. The maximum absolute atomic E-state index is 13.6. The van der Waals surface area contributed by atoms with Crippen molar-refractivity contribution in [1.82, 2.24) is 9.47 Å². The topological polar surface area (TPSA) is 55.7 Å². The second-order valence-corrected chi connectivity index (χ2v) is 9.01. The molecule has 1 aliphatic carbocycles. The van der Waals surface area contributed by atoms with Crippen LogP contribution in [0.1, 0.15) is 48.9 Å². The number of rotatable bonds is 8. The number of aryl methyl sites for hydroxylation is 1. The highest BCUT2D eigenvalue weighted by atomic mass is 16.5. The maximum Gasteiger partial charge on any atom is 0.322 e. The molecule has 1 heterocycles. The van der Waals surface area contributed by atoms with Crippen LogP contribution in [0.4, 0.5) is 10.5 Å². The fraction of sp³-hybridized carbons (Fsp3) is 0.393. The Morgan fingerprint density at radius 3 is 2.38 bits per heavy atom. The summed E-state index contributed by atoms with van der Waals surface area (Å²) in [7, 11) is 3.22. The van der Waals surface area contributed by atoms with E-state index in [0.29, 0.717) is 23.7 Å². The van der Waals surface area contributed by atoms with E-state index < -0.39 is 0 Å². The van der Waals surface area contributed by atoms with Crippen molar-refractivity contribution < 1.29 is 14.3 Å². The molecule has 2 aromatic carbocycles. The van der Waals surface area contributed by atoms with Crippen molar-refractivity contribution in [1.29, 1.82) is 0 Å². The second-order valence-electron chi connectivity index (χ2n) is 9.01. The summed E-state index contributed by atoms with van der Waals surface area (Å²) >= 11 is 0. The third-order valence-electron chi connectivity index (χ3n) is 6.74. The summed E-state index contributed by atoms with van der Waals surface area (Å²) < 4.78 is 13.0. The Hall–Kier alpha value is -3.41. The van der Waals surface area contributed by atoms with Crippen LogP contribution in [-0.4, -0.2) is 35.8 Å². The first-order valence-corrected chi connectivity index (χ1v) is 12.1. The molecule has 6 nitrogen and oxygen atoms in total. The van der Waals surface area contributed by atoms with Crippen LogP contribution in [0.5, 0.6) is 11.5 Å². The number of hydrogen-bond acceptors (Lipinski definition) is 3. The van der Waals surface area contributed by atoms with Gasteiger partial charge in [0.2, 0.25) is 0 Å². The first-order valence-electron chi connectivity index (χ1n) is 12.1.